The monoisotopic (exact) mass is 776 g/mol. The van der Waals surface area contributed by atoms with Crippen molar-refractivity contribution >= 4 is 11.9 Å². The quantitative estimate of drug-likeness (QED) is 0.0325. The van der Waals surface area contributed by atoms with E-state index in [1.54, 1.807) is 6.08 Å². The van der Waals surface area contributed by atoms with E-state index in [9.17, 15) is 19.8 Å². The SMILES string of the molecule is CCCCC/C=C\CCCCCCCC(=O)OCCCCCCCCCCCCCCC(=O)NC(CO)C(O)/C=C/CCCCCCCCCCCCCC. The molecule has 0 aliphatic rings. The summed E-state index contributed by atoms with van der Waals surface area (Å²) in [5, 5.41) is 23.0. The van der Waals surface area contributed by atoms with Gasteiger partial charge in [-0.05, 0) is 57.8 Å². The largest absolute Gasteiger partial charge is 0.466 e. The van der Waals surface area contributed by atoms with Gasteiger partial charge in [0, 0.05) is 12.8 Å². The van der Waals surface area contributed by atoms with Gasteiger partial charge in [-0.15, -0.1) is 0 Å². The van der Waals surface area contributed by atoms with Crippen LogP contribution in [0.5, 0.6) is 0 Å². The molecule has 6 nitrogen and oxygen atoms in total. The van der Waals surface area contributed by atoms with Crippen molar-refractivity contribution < 1.29 is 24.5 Å². The summed E-state index contributed by atoms with van der Waals surface area (Å²) in [6, 6.07) is -0.638. The summed E-state index contributed by atoms with van der Waals surface area (Å²) in [7, 11) is 0. The number of aliphatic hydroxyl groups excluding tert-OH is 2. The summed E-state index contributed by atoms with van der Waals surface area (Å²) in [5.41, 5.74) is 0. The van der Waals surface area contributed by atoms with Gasteiger partial charge in [0.15, 0.2) is 0 Å². The van der Waals surface area contributed by atoms with Crippen molar-refractivity contribution in [1.29, 1.82) is 0 Å². The fourth-order valence-corrected chi connectivity index (χ4v) is 7.21. The molecule has 3 N–H and O–H groups in total. The Morgan fingerprint density at radius 2 is 0.855 bits per heavy atom. The van der Waals surface area contributed by atoms with Gasteiger partial charge in [0.2, 0.25) is 5.91 Å². The molecule has 0 fully saturated rings. The van der Waals surface area contributed by atoms with Crippen LogP contribution in [0.25, 0.3) is 0 Å². The molecule has 0 aliphatic heterocycles. The topological polar surface area (TPSA) is 95.9 Å². The van der Waals surface area contributed by atoms with E-state index in [4.69, 9.17) is 4.74 Å². The average molecular weight is 776 g/mol. The van der Waals surface area contributed by atoms with Gasteiger partial charge < -0.3 is 20.3 Å². The maximum absolute atomic E-state index is 12.4. The standard InChI is InChI=1S/C49H93NO5/c1-3-5-7-9-11-13-15-17-18-21-25-29-33-37-41-47(52)46(45-51)50-48(53)42-38-34-30-26-22-19-20-24-28-32-36-40-44-55-49(54)43-39-35-31-27-23-16-14-12-10-8-6-4-2/h12,14,37,41,46-47,51-52H,3-11,13,15-36,38-40,42-45H2,1-2H3,(H,50,53)/b14-12-,41-37+. The zero-order valence-electron chi connectivity index (χ0n) is 36.7. The van der Waals surface area contributed by atoms with E-state index in [0.717, 1.165) is 57.8 Å². The lowest BCUT2D eigenvalue weighted by molar-refractivity contribution is -0.143. The molecule has 1 amide bonds. The molecule has 0 saturated carbocycles. The van der Waals surface area contributed by atoms with Crippen LogP contribution < -0.4 is 5.32 Å². The molecule has 0 rings (SSSR count). The minimum Gasteiger partial charge on any atom is -0.466 e. The van der Waals surface area contributed by atoms with Crippen molar-refractivity contribution in [2.75, 3.05) is 13.2 Å². The number of amides is 1. The van der Waals surface area contributed by atoms with Crippen LogP contribution in [0.4, 0.5) is 0 Å². The molecule has 0 spiro atoms. The Hall–Kier alpha value is -1.66. The Labute approximate surface area is 341 Å². The molecular weight excluding hydrogens is 683 g/mol. The minimum absolute atomic E-state index is 0.0214. The van der Waals surface area contributed by atoms with Gasteiger partial charge in [-0.1, -0.05) is 205 Å². The average Bonchev–Trinajstić information content (AvgIpc) is 3.18. The van der Waals surface area contributed by atoms with E-state index in [1.165, 1.54) is 167 Å². The molecule has 2 unspecified atom stereocenters. The van der Waals surface area contributed by atoms with Crippen molar-refractivity contribution in [3.8, 4) is 0 Å². The third-order valence-corrected chi connectivity index (χ3v) is 11.0. The normalized spacial score (nSPS) is 12.9. The number of carbonyl (C=O) groups excluding carboxylic acids is 2. The molecule has 0 aromatic rings. The van der Waals surface area contributed by atoms with Crippen molar-refractivity contribution in [2.45, 2.75) is 264 Å². The maximum Gasteiger partial charge on any atom is 0.305 e. The second kappa shape index (κ2) is 45.0. The van der Waals surface area contributed by atoms with Crippen LogP contribution in [0.2, 0.25) is 0 Å². The molecule has 0 heterocycles. The first-order valence-electron chi connectivity index (χ1n) is 24.1. The Bertz CT molecular complexity index is 858. The molecular formula is C49H93NO5. The van der Waals surface area contributed by atoms with Gasteiger partial charge in [0.25, 0.3) is 0 Å². The van der Waals surface area contributed by atoms with Crippen LogP contribution in [0.1, 0.15) is 251 Å². The van der Waals surface area contributed by atoms with Gasteiger partial charge >= 0.3 is 5.97 Å². The number of esters is 1. The molecule has 6 heteroatoms. The fourth-order valence-electron chi connectivity index (χ4n) is 7.21. The van der Waals surface area contributed by atoms with Crippen LogP contribution in [0, 0.1) is 0 Å². The summed E-state index contributed by atoms with van der Waals surface area (Å²) < 4.78 is 5.44. The number of aliphatic hydroxyl groups is 2. The van der Waals surface area contributed by atoms with Crippen LogP contribution in [-0.2, 0) is 14.3 Å². The van der Waals surface area contributed by atoms with Gasteiger partial charge in [0.05, 0.1) is 25.4 Å². The van der Waals surface area contributed by atoms with Crippen LogP contribution >= 0.6 is 0 Å². The number of hydrogen-bond donors (Lipinski definition) is 3. The summed E-state index contributed by atoms with van der Waals surface area (Å²) in [4.78, 5) is 24.4. The Balaban J connectivity index is 3.51. The molecule has 0 saturated heterocycles. The van der Waals surface area contributed by atoms with Crippen molar-refractivity contribution in [3.63, 3.8) is 0 Å². The summed E-state index contributed by atoms with van der Waals surface area (Å²) in [6.07, 6.45) is 51.6. The second-order valence-electron chi connectivity index (χ2n) is 16.4. The van der Waals surface area contributed by atoms with Crippen molar-refractivity contribution in [2.24, 2.45) is 0 Å². The second-order valence-corrected chi connectivity index (χ2v) is 16.4. The lowest BCUT2D eigenvalue weighted by Crippen LogP contribution is -2.45. The summed E-state index contributed by atoms with van der Waals surface area (Å²) in [5.74, 6) is -0.106. The van der Waals surface area contributed by atoms with E-state index in [-0.39, 0.29) is 18.5 Å². The third kappa shape index (κ3) is 41.8. The van der Waals surface area contributed by atoms with Gasteiger partial charge in [-0.25, -0.2) is 0 Å². The predicted octanol–water partition coefficient (Wildman–Crippen LogP) is 14.0. The van der Waals surface area contributed by atoms with Gasteiger partial charge in [-0.2, -0.15) is 0 Å². The molecule has 0 bridgehead atoms. The zero-order valence-corrected chi connectivity index (χ0v) is 36.7. The van der Waals surface area contributed by atoms with Crippen LogP contribution in [0.3, 0.4) is 0 Å². The molecule has 55 heavy (non-hydrogen) atoms. The highest BCUT2D eigenvalue weighted by atomic mass is 16.5. The minimum atomic E-state index is -0.853. The number of carbonyl (C=O) groups is 2. The number of rotatable bonds is 44. The van der Waals surface area contributed by atoms with Crippen molar-refractivity contribution in [1.82, 2.24) is 5.32 Å². The zero-order chi connectivity index (χ0) is 40.1. The summed E-state index contributed by atoms with van der Waals surface area (Å²) in [6.45, 7) is 4.83. The predicted molar refractivity (Wildman–Crippen MR) is 236 cm³/mol. The summed E-state index contributed by atoms with van der Waals surface area (Å²) >= 11 is 0. The van der Waals surface area contributed by atoms with Crippen molar-refractivity contribution in [3.05, 3.63) is 24.3 Å². The highest BCUT2D eigenvalue weighted by Gasteiger charge is 2.18. The van der Waals surface area contributed by atoms with Crippen LogP contribution in [0.15, 0.2) is 24.3 Å². The number of unbranched alkanes of at least 4 members (excludes halogenated alkanes) is 31. The molecule has 0 radical (unpaired) electrons. The van der Waals surface area contributed by atoms with E-state index in [2.05, 4.69) is 31.3 Å². The third-order valence-electron chi connectivity index (χ3n) is 11.0. The molecule has 2 atom stereocenters. The molecule has 324 valence electrons. The van der Waals surface area contributed by atoms with Gasteiger partial charge in [0.1, 0.15) is 0 Å². The molecule has 0 aromatic carbocycles. The Kier molecular flexibility index (Phi) is 43.7. The highest BCUT2D eigenvalue weighted by Crippen LogP contribution is 2.15. The Morgan fingerprint density at radius 1 is 0.491 bits per heavy atom. The first kappa shape index (κ1) is 53.3. The van der Waals surface area contributed by atoms with Gasteiger partial charge in [-0.3, -0.25) is 9.59 Å². The molecule has 0 aromatic heterocycles. The molecule has 0 aliphatic carbocycles. The lowest BCUT2D eigenvalue weighted by Gasteiger charge is -2.20. The van der Waals surface area contributed by atoms with E-state index in [0.29, 0.717) is 19.4 Å². The van der Waals surface area contributed by atoms with E-state index in [1.807, 2.05) is 6.08 Å². The first-order chi connectivity index (χ1) is 27.0. The van der Waals surface area contributed by atoms with E-state index < -0.39 is 12.1 Å². The number of ether oxygens (including phenoxy) is 1. The Morgan fingerprint density at radius 3 is 1.33 bits per heavy atom. The van der Waals surface area contributed by atoms with Crippen LogP contribution in [-0.4, -0.2) is 47.4 Å². The first-order valence-corrected chi connectivity index (χ1v) is 24.1. The fraction of sp³-hybridized carbons (Fsp3) is 0.878. The lowest BCUT2D eigenvalue weighted by atomic mass is 10.0. The number of allylic oxidation sites excluding steroid dienone is 3. The van der Waals surface area contributed by atoms with E-state index >= 15 is 0 Å². The maximum atomic E-state index is 12.4. The number of hydrogen-bond acceptors (Lipinski definition) is 5. The number of nitrogens with one attached hydrogen (secondary N) is 1. The highest BCUT2D eigenvalue weighted by molar-refractivity contribution is 5.76. The smallest absolute Gasteiger partial charge is 0.305 e.